The smallest absolute Gasteiger partial charge is 0.335 e. The first-order valence-corrected chi connectivity index (χ1v) is 18.1. The highest BCUT2D eigenvalue weighted by atomic mass is 79.9. The SMILES string of the molecule is Cc1cc(OCCCCCCCCCCCCC[P+](c2ccccc2)(c2ccccc2)c2ccccc2)ccc1C(=O)O.[Br-]. The predicted molar refractivity (Wildman–Crippen MR) is 184 cm³/mol. The largest absolute Gasteiger partial charge is 1.00 e. The monoisotopic (exact) mass is 674 g/mol. The number of ether oxygens (including phenoxy) is 1. The first-order valence-electron chi connectivity index (χ1n) is 16.1. The highest BCUT2D eigenvalue weighted by Gasteiger charge is 2.44. The molecule has 0 aliphatic heterocycles. The molecular formula is C39H48BrO3P. The van der Waals surface area contributed by atoms with Gasteiger partial charge in [-0.05, 0) is 86.3 Å². The van der Waals surface area contributed by atoms with Crippen molar-refractivity contribution in [1.29, 1.82) is 0 Å². The van der Waals surface area contributed by atoms with Gasteiger partial charge in [0.1, 0.15) is 28.9 Å². The number of aromatic carboxylic acids is 1. The standard InChI is InChI=1S/C39H47O3P.BrH/c1-33-32-34(28-29-38(33)39(40)41)42-30-20-9-7-5-3-2-4-6-8-10-21-31-43(35-22-14-11-15-23-35,36-24-16-12-17-25-36)37-26-18-13-19-27-37;/h11-19,22-29,32H,2-10,20-21,30-31H2,1H3;1H. The van der Waals surface area contributed by atoms with Crippen molar-refractivity contribution in [3.63, 3.8) is 0 Å². The number of hydrogen-bond donors (Lipinski definition) is 1. The lowest BCUT2D eigenvalue weighted by Gasteiger charge is -2.27. The lowest BCUT2D eigenvalue weighted by atomic mass is 10.1. The molecule has 0 atom stereocenters. The minimum atomic E-state index is -1.69. The van der Waals surface area contributed by atoms with E-state index in [0.29, 0.717) is 12.2 Å². The summed E-state index contributed by atoms with van der Waals surface area (Å²) in [6, 6.07) is 38.9. The minimum absolute atomic E-state index is 0. The summed E-state index contributed by atoms with van der Waals surface area (Å²) in [7, 11) is -1.69. The maximum absolute atomic E-state index is 11.1. The molecule has 0 radical (unpaired) electrons. The third-order valence-corrected chi connectivity index (χ3v) is 13.0. The van der Waals surface area contributed by atoms with Crippen LogP contribution in [0.15, 0.2) is 109 Å². The van der Waals surface area contributed by atoms with E-state index in [-0.39, 0.29) is 17.0 Å². The number of carboxylic acids is 1. The normalized spacial score (nSPS) is 11.1. The summed E-state index contributed by atoms with van der Waals surface area (Å²) in [5.74, 6) is -0.131. The van der Waals surface area contributed by atoms with Crippen LogP contribution in [-0.2, 0) is 0 Å². The van der Waals surface area contributed by atoms with E-state index in [2.05, 4.69) is 91.0 Å². The third-order valence-electron chi connectivity index (χ3n) is 8.43. The lowest BCUT2D eigenvalue weighted by Crippen LogP contribution is -3.00. The molecule has 0 spiro atoms. The molecule has 0 saturated heterocycles. The molecule has 0 unspecified atom stereocenters. The maximum atomic E-state index is 11.1. The number of hydrogen-bond acceptors (Lipinski definition) is 2. The van der Waals surface area contributed by atoms with Crippen molar-refractivity contribution in [1.82, 2.24) is 0 Å². The van der Waals surface area contributed by atoms with Crippen molar-refractivity contribution in [2.45, 2.75) is 77.6 Å². The van der Waals surface area contributed by atoms with Gasteiger partial charge in [-0.25, -0.2) is 4.79 Å². The Bertz CT molecular complexity index is 1270. The number of aryl methyl sites for hydroxylation is 1. The van der Waals surface area contributed by atoms with Gasteiger partial charge in [-0.15, -0.1) is 0 Å². The van der Waals surface area contributed by atoms with E-state index >= 15 is 0 Å². The molecule has 44 heavy (non-hydrogen) atoms. The molecule has 234 valence electrons. The molecular weight excluding hydrogens is 627 g/mol. The summed E-state index contributed by atoms with van der Waals surface area (Å²) >= 11 is 0. The van der Waals surface area contributed by atoms with Gasteiger partial charge in [-0.2, -0.15) is 0 Å². The van der Waals surface area contributed by atoms with Crippen LogP contribution in [0, 0.1) is 6.92 Å². The molecule has 0 fully saturated rings. The fourth-order valence-corrected chi connectivity index (χ4v) is 10.5. The van der Waals surface area contributed by atoms with Gasteiger partial charge < -0.3 is 26.8 Å². The van der Waals surface area contributed by atoms with Crippen molar-refractivity contribution in [3.05, 3.63) is 120 Å². The zero-order chi connectivity index (χ0) is 30.2. The number of carbonyl (C=O) groups is 1. The molecule has 4 aromatic carbocycles. The summed E-state index contributed by atoms with van der Waals surface area (Å²) in [5.41, 5.74) is 1.08. The van der Waals surface area contributed by atoms with Gasteiger partial charge in [0.25, 0.3) is 0 Å². The van der Waals surface area contributed by atoms with Gasteiger partial charge in [0.05, 0.1) is 18.3 Å². The van der Waals surface area contributed by atoms with Crippen LogP contribution in [0.25, 0.3) is 0 Å². The second kappa shape index (κ2) is 19.4. The highest BCUT2D eigenvalue weighted by Crippen LogP contribution is 2.56. The van der Waals surface area contributed by atoms with Crippen LogP contribution < -0.4 is 37.6 Å². The third kappa shape index (κ3) is 10.3. The molecule has 0 aliphatic carbocycles. The fourth-order valence-electron chi connectivity index (χ4n) is 6.08. The first kappa shape index (κ1) is 35.5. The summed E-state index contributed by atoms with van der Waals surface area (Å²) in [5, 5.41) is 13.6. The van der Waals surface area contributed by atoms with E-state index in [1.165, 1.54) is 86.3 Å². The van der Waals surface area contributed by atoms with Crippen molar-refractivity contribution in [2.24, 2.45) is 0 Å². The summed E-state index contributed by atoms with van der Waals surface area (Å²) < 4.78 is 5.82. The number of unbranched alkanes of at least 4 members (excludes halogenated alkanes) is 10. The van der Waals surface area contributed by atoms with Crippen LogP contribution in [0.1, 0.15) is 86.6 Å². The highest BCUT2D eigenvalue weighted by molar-refractivity contribution is 7.95. The van der Waals surface area contributed by atoms with Crippen LogP contribution in [0.5, 0.6) is 5.75 Å². The molecule has 0 amide bonds. The molecule has 1 N–H and O–H groups in total. The minimum Gasteiger partial charge on any atom is -1.00 e. The van der Waals surface area contributed by atoms with E-state index < -0.39 is 13.2 Å². The number of carboxylic acid groups (broad SMARTS) is 1. The molecule has 0 heterocycles. The lowest BCUT2D eigenvalue weighted by molar-refractivity contribution is -0.0000249. The van der Waals surface area contributed by atoms with E-state index in [4.69, 9.17) is 9.84 Å². The summed E-state index contributed by atoms with van der Waals surface area (Å²) in [4.78, 5) is 11.1. The van der Waals surface area contributed by atoms with Crippen LogP contribution in [0.2, 0.25) is 0 Å². The van der Waals surface area contributed by atoms with Crippen molar-refractivity contribution in [2.75, 3.05) is 12.8 Å². The molecule has 0 saturated carbocycles. The Morgan fingerprint density at radius 3 is 1.41 bits per heavy atom. The van der Waals surface area contributed by atoms with Gasteiger partial charge in [0.15, 0.2) is 0 Å². The zero-order valence-corrected chi connectivity index (χ0v) is 28.7. The van der Waals surface area contributed by atoms with E-state index in [9.17, 15) is 4.79 Å². The van der Waals surface area contributed by atoms with Gasteiger partial charge >= 0.3 is 5.97 Å². The van der Waals surface area contributed by atoms with Crippen LogP contribution in [0.3, 0.4) is 0 Å². The van der Waals surface area contributed by atoms with Crippen molar-refractivity contribution < 1.29 is 31.6 Å². The Kier molecular flexibility index (Phi) is 15.7. The number of halogens is 1. The molecule has 3 nitrogen and oxygen atoms in total. The van der Waals surface area contributed by atoms with E-state index in [1.807, 2.05) is 13.0 Å². The molecule has 0 aliphatic rings. The fraction of sp³-hybridized carbons (Fsp3) is 0.359. The molecule has 0 bridgehead atoms. The Morgan fingerprint density at radius 1 is 0.591 bits per heavy atom. The van der Waals surface area contributed by atoms with Crippen molar-refractivity contribution >= 4 is 29.1 Å². The van der Waals surface area contributed by atoms with Crippen LogP contribution in [-0.4, -0.2) is 23.8 Å². The average Bonchev–Trinajstić information content (AvgIpc) is 3.04. The Morgan fingerprint density at radius 2 is 1.00 bits per heavy atom. The summed E-state index contributed by atoms with van der Waals surface area (Å²) in [6.45, 7) is 2.50. The second-order valence-corrected chi connectivity index (χ2v) is 15.2. The van der Waals surface area contributed by atoms with Crippen molar-refractivity contribution in [3.8, 4) is 5.75 Å². The number of benzene rings is 4. The predicted octanol–water partition coefficient (Wildman–Crippen LogP) is 6.36. The average molecular weight is 676 g/mol. The second-order valence-electron chi connectivity index (χ2n) is 11.6. The number of rotatable bonds is 19. The Balaban J connectivity index is 0.00000529. The van der Waals surface area contributed by atoms with E-state index in [1.54, 1.807) is 12.1 Å². The molecule has 4 rings (SSSR count). The molecule has 0 aromatic heterocycles. The van der Waals surface area contributed by atoms with Gasteiger partial charge in [0.2, 0.25) is 0 Å². The maximum Gasteiger partial charge on any atom is 0.335 e. The van der Waals surface area contributed by atoms with Gasteiger partial charge in [0, 0.05) is 0 Å². The van der Waals surface area contributed by atoms with Crippen LogP contribution >= 0.6 is 7.26 Å². The first-order chi connectivity index (χ1) is 21.1. The molecule has 5 heteroatoms. The molecule has 4 aromatic rings. The summed E-state index contributed by atoms with van der Waals surface area (Å²) in [6.07, 6.45) is 15.2. The van der Waals surface area contributed by atoms with E-state index in [0.717, 1.165) is 17.7 Å². The Hall–Kier alpha value is -2.94. The van der Waals surface area contributed by atoms with Gasteiger partial charge in [-0.3, -0.25) is 0 Å². The van der Waals surface area contributed by atoms with Gasteiger partial charge in [-0.1, -0.05) is 106 Å². The quantitative estimate of drug-likeness (QED) is 0.0930. The topological polar surface area (TPSA) is 46.5 Å². The van der Waals surface area contributed by atoms with Crippen LogP contribution in [0.4, 0.5) is 0 Å². The Labute approximate surface area is 276 Å². The zero-order valence-electron chi connectivity index (χ0n) is 26.2.